The maximum Gasteiger partial charge on any atom is 0.146 e. The number of halogens is 1. The van der Waals surface area contributed by atoms with E-state index >= 15 is 0 Å². The van der Waals surface area contributed by atoms with Crippen molar-refractivity contribution >= 4 is 17.9 Å². The molecule has 0 saturated heterocycles. The number of carbonyl (C=O) groups is 1. The first kappa shape index (κ1) is 12.7. The summed E-state index contributed by atoms with van der Waals surface area (Å²) in [5.41, 5.74) is 0.926. The Morgan fingerprint density at radius 3 is 2.67 bits per heavy atom. The third-order valence-electron chi connectivity index (χ3n) is 2.65. The van der Waals surface area contributed by atoms with Gasteiger partial charge in [-0.15, -0.1) is 0 Å². The van der Waals surface area contributed by atoms with Crippen molar-refractivity contribution in [2.75, 3.05) is 0 Å². The molecule has 0 bridgehead atoms. The van der Waals surface area contributed by atoms with Crippen LogP contribution in [-0.4, -0.2) is 6.29 Å². The zero-order valence-electron chi connectivity index (χ0n) is 9.97. The summed E-state index contributed by atoms with van der Waals surface area (Å²) >= 11 is 6.02. The van der Waals surface area contributed by atoms with Crippen molar-refractivity contribution in [3.8, 4) is 11.5 Å². The highest BCUT2D eigenvalue weighted by molar-refractivity contribution is 6.32. The Hall–Kier alpha value is -1.80. The summed E-state index contributed by atoms with van der Waals surface area (Å²) < 4.78 is 5.70. The van der Waals surface area contributed by atoms with Crippen LogP contribution in [0.3, 0.4) is 0 Å². The fourth-order valence-electron chi connectivity index (χ4n) is 1.59. The number of ether oxygens (including phenoxy) is 1. The minimum Gasteiger partial charge on any atom is -0.456 e. The molecule has 0 N–H and O–H groups in total. The molecule has 0 aliphatic heterocycles. The lowest BCUT2D eigenvalue weighted by molar-refractivity contribution is -0.108. The molecule has 0 radical (unpaired) electrons. The summed E-state index contributed by atoms with van der Waals surface area (Å²) in [6.07, 6.45) is 0.911. The van der Waals surface area contributed by atoms with Crippen LogP contribution in [0.4, 0.5) is 0 Å². The zero-order chi connectivity index (χ0) is 13.0. The fourth-order valence-corrected chi connectivity index (χ4v) is 1.77. The van der Waals surface area contributed by atoms with Crippen molar-refractivity contribution in [1.82, 2.24) is 0 Å². The van der Waals surface area contributed by atoms with Crippen LogP contribution in [0.2, 0.25) is 5.02 Å². The van der Waals surface area contributed by atoms with Gasteiger partial charge in [0.25, 0.3) is 0 Å². The maximum absolute atomic E-state index is 10.8. The van der Waals surface area contributed by atoms with Crippen LogP contribution in [0.15, 0.2) is 48.5 Å². The topological polar surface area (TPSA) is 26.3 Å². The van der Waals surface area contributed by atoms with E-state index in [1.165, 1.54) is 0 Å². The quantitative estimate of drug-likeness (QED) is 0.760. The van der Waals surface area contributed by atoms with Crippen LogP contribution in [-0.2, 0) is 4.79 Å². The van der Waals surface area contributed by atoms with Gasteiger partial charge in [-0.2, -0.15) is 0 Å². The number of aldehydes is 1. The van der Waals surface area contributed by atoms with Gasteiger partial charge in [-0.3, -0.25) is 0 Å². The summed E-state index contributed by atoms with van der Waals surface area (Å²) in [5.74, 6) is 1.14. The van der Waals surface area contributed by atoms with Crippen LogP contribution in [0.1, 0.15) is 18.4 Å². The molecule has 0 fully saturated rings. The highest BCUT2D eigenvalue weighted by atomic mass is 35.5. The molecule has 18 heavy (non-hydrogen) atoms. The molecule has 0 spiro atoms. The van der Waals surface area contributed by atoms with Gasteiger partial charge in [0.15, 0.2) is 0 Å². The lowest BCUT2D eigenvalue weighted by Gasteiger charge is -2.10. The molecule has 3 heteroatoms. The summed E-state index contributed by atoms with van der Waals surface area (Å²) in [6, 6.07) is 14.7. The van der Waals surface area contributed by atoms with E-state index in [0.717, 1.165) is 11.8 Å². The highest BCUT2D eigenvalue weighted by Gasteiger charge is 2.06. The lowest BCUT2D eigenvalue weighted by atomic mass is 10.0. The molecule has 0 aromatic heterocycles. The van der Waals surface area contributed by atoms with Gasteiger partial charge in [0.1, 0.15) is 17.8 Å². The summed E-state index contributed by atoms with van der Waals surface area (Å²) in [7, 11) is 0. The van der Waals surface area contributed by atoms with Crippen molar-refractivity contribution in [2.24, 2.45) is 0 Å². The zero-order valence-corrected chi connectivity index (χ0v) is 10.7. The van der Waals surface area contributed by atoms with E-state index in [0.29, 0.717) is 16.5 Å². The first-order valence-electron chi connectivity index (χ1n) is 5.68. The molecule has 0 heterocycles. The SMILES string of the molecule is CC(C=O)c1cccc(Oc2ccccc2Cl)c1. The Bertz CT molecular complexity index is 552. The van der Waals surface area contributed by atoms with Gasteiger partial charge in [-0.05, 0) is 29.8 Å². The van der Waals surface area contributed by atoms with E-state index in [4.69, 9.17) is 16.3 Å². The van der Waals surface area contributed by atoms with Gasteiger partial charge in [0.05, 0.1) is 5.02 Å². The van der Waals surface area contributed by atoms with Crippen LogP contribution in [0.25, 0.3) is 0 Å². The lowest BCUT2D eigenvalue weighted by Crippen LogP contribution is -1.94. The van der Waals surface area contributed by atoms with Crippen LogP contribution < -0.4 is 4.74 Å². The van der Waals surface area contributed by atoms with Crippen LogP contribution in [0.5, 0.6) is 11.5 Å². The number of benzene rings is 2. The number of rotatable bonds is 4. The first-order valence-corrected chi connectivity index (χ1v) is 6.06. The first-order chi connectivity index (χ1) is 8.70. The average Bonchev–Trinajstić information content (AvgIpc) is 2.41. The number of hydrogen-bond donors (Lipinski definition) is 0. The Kier molecular flexibility index (Phi) is 4.00. The molecule has 1 unspecified atom stereocenters. The second-order valence-corrected chi connectivity index (χ2v) is 4.44. The van der Waals surface area contributed by atoms with Crippen molar-refractivity contribution < 1.29 is 9.53 Å². The largest absolute Gasteiger partial charge is 0.456 e. The predicted octanol–water partition coefficient (Wildman–Crippen LogP) is 4.43. The summed E-state index contributed by atoms with van der Waals surface area (Å²) in [6.45, 7) is 1.85. The molecule has 2 nitrogen and oxygen atoms in total. The number of para-hydroxylation sites is 1. The molecule has 0 amide bonds. The van der Waals surface area contributed by atoms with Crippen molar-refractivity contribution in [3.05, 3.63) is 59.1 Å². The molecule has 2 aromatic rings. The van der Waals surface area contributed by atoms with E-state index in [1.807, 2.05) is 43.3 Å². The minimum absolute atomic E-state index is 0.139. The molecule has 2 rings (SSSR count). The number of hydrogen-bond acceptors (Lipinski definition) is 2. The molecular weight excluding hydrogens is 248 g/mol. The minimum atomic E-state index is -0.139. The van der Waals surface area contributed by atoms with Gasteiger partial charge in [-0.1, -0.05) is 42.8 Å². The Labute approximate surface area is 111 Å². The third kappa shape index (κ3) is 2.90. The maximum atomic E-state index is 10.8. The van der Waals surface area contributed by atoms with Gasteiger partial charge in [0.2, 0.25) is 0 Å². The highest BCUT2D eigenvalue weighted by Crippen LogP contribution is 2.30. The third-order valence-corrected chi connectivity index (χ3v) is 2.96. The van der Waals surface area contributed by atoms with Crippen molar-refractivity contribution in [1.29, 1.82) is 0 Å². The van der Waals surface area contributed by atoms with Gasteiger partial charge in [0, 0.05) is 5.92 Å². The molecule has 0 aliphatic rings. The second-order valence-electron chi connectivity index (χ2n) is 4.03. The van der Waals surface area contributed by atoms with Gasteiger partial charge >= 0.3 is 0 Å². The standard InChI is InChI=1S/C15H13ClO2/c1-11(10-17)12-5-4-6-13(9-12)18-15-8-3-2-7-14(15)16/h2-11H,1H3. The number of carbonyl (C=O) groups excluding carboxylic acids is 1. The Morgan fingerprint density at radius 1 is 1.17 bits per heavy atom. The van der Waals surface area contributed by atoms with Crippen molar-refractivity contribution in [2.45, 2.75) is 12.8 Å². The van der Waals surface area contributed by atoms with E-state index in [9.17, 15) is 4.79 Å². The molecular formula is C15H13ClO2. The normalized spacial score (nSPS) is 11.9. The summed E-state index contributed by atoms with van der Waals surface area (Å²) in [4.78, 5) is 10.8. The van der Waals surface area contributed by atoms with E-state index in [1.54, 1.807) is 12.1 Å². The second kappa shape index (κ2) is 5.69. The molecule has 0 saturated carbocycles. The molecule has 1 atom stereocenters. The van der Waals surface area contributed by atoms with E-state index in [2.05, 4.69) is 0 Å². The van der Waals surface area contributed by atoms with Crippen molar-refractivity contribution in [3.63, 3.8) is 0 Å². The van der Waals surface area contributed by atoms with E-state index < -0.39 is 0 Å². The smallest absolute Gasteiger partial charge is 0.146 e. The van der Waals surface area contributed by atoms with Gasteiger partial charge < -0.3 is 9.53 Å². The molecule has 2 aromatic carbocycles. The fraction of sp³-hybridized carbons (Fsp3) is 0.133. The Morgan fingerprint density at radius 2 is 1.94 bits per heavy atom. The van der Waals surface area contributed by atoms with Gasteiger partial charge in [-0.25, -0.2) is 0 Å². The van der Waals surface area contributed by atoms with E-state index in [-0.39, 0.29) is 5.92 Å². The van der Waals surface area contributed by atoms with Crippen LogP contribution in [0, 0.1) is 0 Å². The monoisotopic (exact) mass is 260 g/mol. The van der Waals surface area contributed by atoms with Crippen LogP contribution >= 0.6 is 11.6 Å². The Balaban J connectivity index is 2.25. The summed E-state index contributed by atoms with van der Waals surface area (Å²) in [5, 5.41) is 0.561. The molecule has 0 aliphatic carbocycles. The average molecular weight is 261 g/mol. The predicted molar refractivity (Wildman–Crippen MR) is 72.4 cm³/mol. The molecule has 92 valence electrons.